The van der Waals surface area contributed by atoms with E-state index in [1.165, 1.54) is 11.8 Å². The van der Waals surface area contributed by atoms with E-state index >= 15 is 0 Å². The number of aromatic nitrogens is 3. The quantitative estimate of drug-likeness (QED) is 0.625. The van der Waals surface area contributed by atoms with Crippen molar-refractivity contribution in [1.82, 2.24) is 14.8 Å². The Balaban J connectivity index is 2.05. The predicted octanol–water partition coefficient (Wildman–Crippen LogP) is 1.96. The SMILES string of the molecule is CCCn1c(SCC(=O)c2cccc(OC)c2)n[nH]c1=O. The van der Waals surface area contributed by atoms with E-state index < -0.39 is 0 Å². The molecule has 0 aliphatic heterocycles. The van der Waals surface area contributed by atoms with Crippen molar-refractivity contribution in [2.24, 2.45) is 0 Å². The van der Waals surface area contributed by atoms with Crippen molar-refractivity contribution in [2.75, 3.05) is 12.9 Å². The van der Waals surface area contributed by atoms with E-state index in [2.05, 4.69) is 10.2 Å². The molecule has 0 bridgehead atoms. The van der Waals surface area contributed by atoms with Crippen molar-refractivity contribution < 1.29 is 9.53 Å². The third-order valence-electron chi connectivity index (χ3n) is 2.89. The van der Waals surface area contributed by atoms with Crippen LogP contribution < -0.4 is 10.4 Å². The molecular formula is C14H17N3O3S. The average molecular weight is 307 g/mol. The molecule has 7 heteroatoms. The highest BCUT2D eigenvalue weighted by molar-refractivity contribution is 7.99. The van der Waals surface area contributed by atoms with Crippen LogP contribution in [0.25, 0.3) is 0 Å². The monoisotopic (exact) mass is 307 g/mol. The van der Waals surface area contributed by atoms with Gasteiger partial charge in [0.15, 0.2) is 10.9 Å². The molecule has 0 saturated carbocycles. The lowest BCUT2D eigenvalue weighted by atomic mass is 10.1. The molecule has 0 radical (unpaired) electrons. The molecule has 0 aliphatic carbocycles. The Morgan fingerprint density at radius 2 is 2.29 bits per heavy atom. The lowest BCUT2D eigenvalue weighted by Gasteiger charge is -2.05. The van der Waals surface area contributed by atoms with E-state index in [-0.39, 0.29) is 17.2 Å². The third-order valence-corrected chi connectivity index (χ3v) is 3.87. The van der Waals surface area contributed by atoms with Gasteiger partial charge in [-0.25, -0.2) is 9.89 Å². The molecule has 0 amide bonds. The standard InChI is InChI=1S/C14H17N3O3S/c1-3-7-17-13(19)15-16-14(17)21-9-12(18)10-5-4-6-11(8-10)20-2/h4-6,8H,3,7,9H2,1-2H3,(H,15,19). The van der Waals surface area contributed by atoms with Gasteiger partial charge in [0.25, 0.3) is 0 Å². The molecule has 21 heavy (non-hydrogen) atoms. The normalized spacial score (nSPS) is 10.6. The topological polar surface area (TPSA) is 77.0 Å². The number of hydrogen-bond donors (Lipinski definition) is 1. The molecule has 0 unspecified atom stereocenters. The number of carbonyl (C=O) groups is 1. The average Bonchev–Trinajstić information content (AvgIpc) is 2.86. The predicted molar refractivity (Wildman–Crippen MR) is 81.2 cm³/mol. The van der Waals surface area contributed by atoms with Gasteiger partial charge in [0, 0.05) is 12.1 Å². The zero-order valence-corrected chi connectivity index (χ0v) is 12.8. The third kappa shape index (κ3) is 3.75. The van der Waals surface area contributed by atoms with Gasteiger partial charge in [-0.1, -0.05) is 30.8 Å². The maximum absolute atomic E-state index is 12.2. The van der Waals surface area contributed by atoms with Gasteiger partial charge in [0.1, 0.15) is 5.75 Å². The molecule has 0 fully saturated rings. The second-order valence-corrected chi connectivity index (χ2v) is 5.35. The number of aromatic amines is 1. The number of ether oxygens (including phenoxy) is 1. The number of nitrogens with zero attached hydrogens (tertiary/aromatic N) is 2. The minimum Gasteiger partial charge on any atom is -0.497 e. The summed E-state index contributed by atoms with van der Waals surface area (Å²) in [6.07, 6.45) is 0.830. The maximum Gasteiger partial charge on any atom is 0.343 e. The van der Waals surface area contributed by atoms with Gasteiger partial charge >= 0.3 is 5.69 Å². The molecule has 0 spiro atoms. The Labute approximate surface area is 126 Å². The first-order valence-electron chi connectivity index (χ1n) is 6.61. The van der Waals surface area contributed by atoms with Crippen LogP contribution in [-0.2, 0) is 6.54 Å². The van der Waals surface area contributed by atoms with E-state index in [0.29, 0.717) is 23.0 Å². The number of H-pyrrole nitrogens is 1. The van der Waals surface area contributed by atoms with Crippen LogP contribution in [0, 0.1) is 0 Å². The van der Waals surface area contributed by atoms with Crippen molar-refractivity contribution in [3.05, 3.63) is 40.3 Å². The van der Waals surface area contributed by atoms with Crippen molar-refractivity contribution in [2.45, 2.75) is 25.0 Å². The van der Waals surface area contributed by atoms with Gasteiger partial charge in [-0.15, -0.1) is 5.10 Å². The fourth-order valence-corrected chi connectivity index (χ4v) is 2.71. The largest absolute Gasteiger partial charge is 0.497 e. The summed E-state index contributed by atoms with van der Waals surface area (Å²) in [5, 5.41) is 6.89. The number of methoxy groups -OCH3 is 1. The van der Waals surface area contributed by atoms with Crippen LogP contribution in [0.2, 0.25) is 0 Å². The zero-order chi connectivity index (χ0) is 15.2. The summed E-state index contributed by atoms with van der Waals surface area (Å²) >= 11 is 1.25. The molecule has 0 aliphatic rings. The van der Waals surface area contributed by atoms with Gasteiger partial charge < -0.3 is 4.74 Å². The maximum atomic E-state index is 12.2. The molecular weight excluding hydrogens is 290 g/mol. The minimum atomic E-state index is -0.242. The molecule has 1 aromatic heterocycles. The second kappa shape index (κ2) is 7.12. The van der Waals surface area contributed by atoms with E-state index in [1.54, 1.807) is 35.9 Å². The van der Waals surface area contributed by atoms with E-state index in [1.807, 2.05) is 6.92 Å². The summed E-state index contributed by atoms with van der Waals surface area (Å²) in [4.78, 5) is 23.7. The first kappa shape index (κ1) is 15.4. The Bertz CT molecular complexity index is 678. The Kier molecular flexibility index (Phi) is 5.21. The highest BCUT2D eigenvalue weighted by Gasteiger charge is 2.12. The van der Waals surface area contributed by atoms with Crippen LogP contribution in [-0.4, -0.2) is 33.4 Å². The highest BCUT2D eigenvalue weighted by atomic mass is 32.2. The van der Waals surface area contributed by atoms with Gasteiger partial charge in [0.05, 0.1) is 12.9 Å². The number of ketones is 1. The van der Waals surface area contributed by atoms with E-state index in [9.17, 15) is 9.59 Å². The van der Waals surface area contributed by atoms with Crippen LogP contribution in [0.4, 0.5) is 0 Å². The van der Waals surface area contributed by atoms with E-state index in [4.69, 9.17) is 4.74 Å². The van der Waals surface area contributed by atoms with Gasteiger partial charge in [-0.05, 0) is 18.6 Å². The van der Waals surface area contributed by atoms with Gasteiger partial charge in [-0.3, -0.25) is 9.36 Å². The summed E-state index contributed by atoms with van der Waals surface area (Å²) in [7, 11) is 1.56. The molecule has 6 nitrogen and oxygen atoms in total. The second-order valence-electron chi connectivity index (χ2n) is 4.41. The Morgan fingerprint density at radius 3 is 3.00 bits per heavy atom. The minimum absolute atomic E-state index is 0.0302. The summed E-state index contributed by atoms with van der Waals surface area (Å²) in [6.45, 7) is 2.57. The fraction of sp³-hybridized carbons (Fsp3) is 0.357. The summed E-state index contributed by atoms with van der Waals surface area (Å²) < 4.78 is 6.65. The molecule has 1 N–H and O–H groups in total. The Morgan fingerprint density at radius 1 is 1.48 bits per heavy atom. The highest BCUT2D eigenvalue weighted by Crippen LogP contribution is 2.18. The Hall–Kier alpha value is -2.02. The number of benzene rings is 1. The van der Waals surface area contributed by atoms with Crippen molar-refractivity contribution >= 4 is 17.5 Å². The molecule has 112 valence electrons. The van der Waals surface area contributed by atoms with Crippen molar-refractivity contribution in [1.29, 1.82) is 0 Å². The number of thioether (sulfide) groups is 1. The number of rotatable bonds is 7. The number of hydrogen-bond acceptors (Lipinski definition) is 5. The smallest absolute Gasteiger partial charge is 0.343 e. The fourth-order valence-electron chi connectivity index (χ4n) is 1.84. The first-order chi connectivity index (χ1) is 10.2. The number of Topliss-reactive ketones (excluding diaryl/α,β-unsaturated/α-hetero) is 1. The summed E-state index contributed by atoms with van der Waals surface area (Å²) in [5.41, 5.74) is 0.343. The van der Waals surface area contributed by atoms with Crippen molar-refractivity contribution in [3.8, 4) is 5.75 Å². The molecule has 1 heterocycles. The number of nitrogens with one attached hydrogen (secondary N) is 1. The molecule has 1 aromatic carbocycles. The summed E-state index contributed by atoms with van der Waals surface area (Å²) in [6, 6.07) is 7.01. The van der Waals surface area contributed by atoms with Crippen LogP contribution in [0.1, 0.15) is 23.7 Å². The lowest BCUT2D eigenvalue weighted by Crippen LogP contribution is -2.17. The zero-order valence-electron chi connectivity index (χ0n) is 12.0. The number of carbonyl (C=O) groups excluding carboxylic acids is 1. The molecule has 0 atom stereocenters. The van der Waals surface area contributed by atoms with Gasteiger partial charge in [0.2, 0.25) is 0 Å². The van der Waals surface area contributed by atoms with Crippen LogP contribution in [0.3, 0.4) is 0 Å². The molecule has 2 aromatic rings. The van der Waals surface area contributed by atoms with Gasteiger partial charge in [-0.2, -0.15) is 0 Å². The molecule has 0 saturated heterocycles. The van der Waals surface area contributed by atoms with Crippen LogP contribution in [0.5, 0.6) is 5.75 Å². The lowest BCUT2D eigenvalue weighted by molar-refractivity contribution is 0.102. The molecule has 2 rings (SSSR count). The first-order valence-corrected chi connectivity index (χ1v) is 7.59. The van der Waals surface area contributed by atoms with Crippen LogP contribution in [0.15, 0.2) is 34.2 Å². The van der Waals surface area contributed by atoms with Crippen molar-refractivity contribution in [3.63, 3.8) is 0 Å². The van der Waals surface area contributed by atoms with E-state index in [0.717, 1.165) is 6.42 Å². The summed E-state index contributed by atoms with van der Waals surface area (Å²) in [5.74, 6) is 0.840. The van der Waals surface area contributed by atoms with Crippen LogP contribution >= 0.6 is 11.8 Å².